The van der Waals surface area contributed by atoms with E-state index in [0.29, 0.717) is 6.54 Å². The molecule has 0 aliphatic heterocycles. The van der Waals surface area contributed by atoms with Crippen molar-refractivity contribution in [2.45, 2.75) is 69.8 Å². The first kappa shape index (κ1) is 24.2. The monoisotopic (exact) mass is 389 g/mol. The highest BCUT2D eigenvalue weighted by Crippen LogP contribution is 2.69. The first-order valence-corrected chi connectivity index (χ1v) is 11.7. The van der Waals surface area contributed by atoms with Crippen LogP contribution in [0.1, 0.15) is 64.7 Å². The van der Waals surface area contributed by atoms with E-state index in [1.54, 1.807) is 0 Å². The van der Waals surface area contributed by atoms with Crippen LogP contribution < -0.4 is 0 Å². The third-order valence-electron chi connectivity index (χ3n) is 4.13. The highest BCUT2D eigenvalue weighted by Gasteiger charge is 2.58. The smallest absolute Gasteiger partial charge is 0.368 e. The molecule has 0 rings (SSSR count). The molecule has 0 aromatic heterocycles. The van der Waals surface area contributed by atoms with Gasteiger partial charge in [0.1, 0.15) is 0 Å². The number of hydrogen-bond acceptors (Lipinski definition) is 4. The molecule has 0 atom stereocenters. The second-order valence-corrected chi connectivity index (χ2v) is 10.4. The zero-order valence-electron chi connectivity index (χ0n) is 14.7. The maximum Gasteiger partial charge on any atom is 0.369 e. The third-order valence-corrected chi connectivity index (χ3v) is 8.00. The van der Waals surface area contributed by atoms with Crippen LogP contribution in [-0.2, 0) is 9.13 Å². The highest BCUT2D eigenvalue weighted by atomic mass is 31.2. The van der Waals surface area contributed by atoms with Gasteiger partial charge in [0.15, 0.2) is 0 Å². The Morgan fingerprint density at radius 3 is 1.67 bits per heavy atom. The Bertz CT molecular complexity index is 413. The van der Waals surface area contributed by atoms with Gasteiger partial charge in [-0.15, -0.1) is 0 Å². The van der Waals surface area contributed by atoms with Crippen molar-refractivity contribution in [3.05, 3.63) is 0 Å². The van der Waals surface area contributed by atoms with E-state index in [1.807, 2.05) is 11.9 Å². The molecule has 0 aromatic rings. The minimum Gasteiger partial charge on any atom is -0.368 e. The fourth-order valence-electron chi connectivity index (χ4n) is 2.50. The molecule has 0 spiro atoms. The predicted molar refractivity (Wildman–Crippen MR) is 93.8 cm³/mol. The van der Waals surface area contributed by atoms with Crippen LogP contribution in [0.3, 0.4) is 0 Å². The maximum absolute atomic E-state index is 11.2. The van der Waals surface area contributed by atoms with Gasteiger partial charge >= 0.3 is 15.2 Å². The number of nitrogens with zero attached hydrogens (tertiary/aromatic N) is 1. The van der Waals surface area contributed by atoms with Crippen LogP contribution in [0.15, 0.2) is 0 Å². The molecule has 0 aliphatic carbocycles. The molecule has 0 aromatic carbocycles. The Balaban J connectivity index is 4.08. The molecular formula is C14H33NO7P2. The largest absolute Gasteiger partial charge is 0.369 e. The summed E-state index contributed by atoms with van der Waals surface area (Å²) in [7, 11) is -8.83. The molecule has 0 saturated carbocycles. The molecule has 24 heavy (non-hydrogen) atoms. The number of unbranched alkanes of at least 4 members (excludes halogenated alkanes) is 6. The molecule has 0 radical (unpaired) electrons. The van der Waals surface area contributed by atoms with E-state index in [1.165, 1.54) is 32.1 Å². The SMILES string of the molecule is CCCCCCCCCN(C)CCCC(O)(P(=O)(O)O)P(=O)(O)O. The summed E-state index contributed by atoms with van der Waals surface area (Å²) in [5.74, 6) is 0. The van der Waals surface area contributed by atoms with Crippen molar-refractivity contribution in [1.82, 2.24) is 4.90 Å². The molecule has 8 nitrogen and oxygen atoms in total. The first-order valence-electron chi connectivity index (χ1n) is 8.48. The minimum atomic E-state index is -5.33. The predicted octanol–water partition coefficient (Wildman–Crippen LogP) is 2.45. The number of aliphatic hydroxyl groups is 1. The topological polar surface area (TPSA) is 139 Å². The summed E-state index contributed by atoms with van der Waals surface area (Å²) in [5.41, 5.74) is 0. The Morgan fingerprint density at radius 2 is 1.21 bits per heavy atom. The van der Waals surface area contributed by atoms with Crippen LogP contribution in [0.2, 0.25) is 0 Å². The molecule has 5 N–H and O–H groups in total. The van der Waals surface area contributed by atoms with Gasteiger partial charge in [0, 0.05) is 6.42 Å². The van der Waals surface area contributed by atoms with Gasteiger partial charge in [-0.05, 0) is 33.0 Å². The average Bonchev–Trinajstić information content (AvgIpc) is 2.43. The fraction of sp³-hybridized carbons (Fsp3) is 1.00. The van der Waals surface area contributed by atoms with Crippen molar-refractivity contribution >= 4 is 15.2 Å². The van der Waals surface area contributed by atoms with Gasteiger partial charge in [0.2, 0.25) is 0 Å². The second kappa shape index (κ2) is 11.0. The summed E-state index contributed by atoms with van der Waals surface area (Å²) < 4.78 is 22.5. The van der Waals surface area contributed by atoms with Crippen molar-refractivity contribution in [2.75, 3.05) is 20.1 Å². The number of hydrogen-bond donors (Lipinski definition) is 5. The lowest BCUT2D eigenvalue weighted by atomic mass is 10.1. The summed E-state index contributed by atoms with van der Waals surface area (Å²) in [4.78, 5) is 38.2. The molecular weight excluding hydrogens is 356 g/mol. The van der Waals surface area contributed by atoms with E-state index in [2.05, 4.69) is 6.92 Å². The normalized spacial score (nSPS) is 13.7. The molecule has 0 saturated heterocycles. The van der Waals surface area contributed by atoms with Crippen LogP contribution in [-0.4, -0.2) is 54.8 Å². The van der Waals surface area contributed by atoms with E-state index in [9.17, 15) is 14.2 Å². The second-order valence-electron chi connectivity index (χ2n) is 6.39. The molecule has 0 aliphatic rings. The van der Waals surface area contributed by atoms with Crippen LogP contribution in [0, 0.1) is 0 Å². The van der Waals surface area contributed by atoms with Crippen molar-refractivity contribution in [3.8, 4) is 0 Å². The van der Waals surface area contributed by atoms with Gasteiger partial charge in [0.05, 0.1) is 0 Å². The summed E-state index contributed by atoms with van der Waals surface area (Å²) in [6.45, 7) is 3.38. The lowest BCUT2D eigenvalue weighted by Gasteiger charge is -2.29. The first-order chi connectivity index (χ1) is 11.0. The molecule has 0 heterocycles. The lowest BCUT2D eigenvalue weighted by molar-refractivity contribution is 0.117. The minimum absolute atomic E-state index is 0.0831. The van der Waals surface area contributed by atoms with Crippen LogP contribution in [0.5, 0.6) is 0 Å². The van der Waals surface area contributed by atoms with Crippen LogP contribution in [0.4, 0.5) is 0 Å². The van der Waals surface area contributed by atoms with E-state index >= 15 is 0 Å². The lowest BCUT2D eigenvalue weighted by Crippen LogP contribution is -2.30. The van der Waals surface area contributed by atoms with Gasteiger partial charge in [-0.25, -0.2) is 0 Å². The van der Waals surface area contributed by atoms with Gasteiger partial charge in [-0.3, -0.25) is 9.13 Å². The van der Waals surface area contributed by atoms with E-state index in [-0.39, 0.29) is 6.42 Å². The Hall–Kier alpha value is 0.220. The molecule has 0 fully saturated rings. The van der Waals surface area contributed by atoms with Crippen molar-refractivity contribution < 1.29 is 33.8 Å². The van der Waals surface area contributed by atoms with E-state index < -0.39 is 26.7 Å². The zero-order valence-corrected chi connectivity index (χ0v) is 16.5. The summed E-state index contributed by atoms with van der Waals surface area (Å²) >= 11 is 0. The maximum atomic E-state index is 11.2. The van der Waals surface area contributed by atoms with E-state index in [4.69, 9.17) is 19.6 Å². The third kappa shape index (κ3) is 8.54. The standard InChI is InChI=1S/C14H33NO7P2/c1-3-4-5-6-7-8-9-12-15(2)13-10-11-14(16,23(17,18)19)24(20,21)22/h16H,3-13H2,1-2H3,(H2,17,18,19)(H2,20,21,22). The average molecular weight is 389 g/mol. The summed E-state index contributed by atoms with van der Waals surface area (Å²) in [6.07, 6.45) is 7.71. The van der Waals surface area contributed by atoms with Crippen molar-refractivity contribution in [3.63, 3.8) is 0 Å². The Morgan fingerprint density at radius 1 is 0.792 bits per heavy atom. The van der Waals surface area contributed by atoms with Crippen molar-refractivity contribution in [2.24, 2.45) is 0 Å². The van der Waals surface area contributed by atoms with Gasteiger partial charge < -0.3 is 29.6 Å². The molecule has 0 bridgehead atoms. The quantitative estimate of drug-likeness (QED) is 0.226. The fourth-order valence-corrected chi connectivity index (χ4v) is 4.75. The van der Waals surface area contributed by atoms with Crippen LogP contribution in [0.25, 0.3) is 0 Å². The molecule has 0 unspecified atom stereocenters. The Kier molecular flexibility index (Phi) is 11.1. The van der Waals surface area contributed by atoms with Crippen molar-refractivity contribution in [1.29, 1.82) is 0 Å². The van der Waals surface area contributed by atoms with Crippen LogP contribution >= 0.6 is 15.2 Å². The summed E-state index contributed by atoms with van der Waals surface area (Å²) in [5, 5.41) is 6.48. The van der Waals surface area contributed by atoms with Gasteiger partial charge in [0.25, 0.3) is 5.08 Å². The molecule has 146 valence electrons. The van der Waals surface area contributed by atoms with Gasteiger partial charge in [-0.1, -0.05) is 45.4 Å². The Labute approximate surface area is 144 Å². The molecule has 0 amide bonds. The zero-order chi connectivity index (χ0) is 18.9. The van der Waals surface area contributed by atoms with Gasteiger partial charge in [-0.2, -0.15) is 0 Å². The summed E-state index contributed by atoms with van der Waals surface area (Å²) in [6, 6.07) is 0. The molecule has 10 heteroatoms. The highest BCUT2D eigenvalue weighted by molar-refractivity contribution is 7.72. The number of rotatable bonds is 14. The van der Waals surface area contributed by atoms with E-state index in [0.717, 1.165) is 19.4 Å².